The minimum absolute atomic E-state index is 0.244. The molecule has 0 radical (unpaired) electrons. The molecule has 7 heteroatoms. The second-order valence-corrected chi connectivity index (χ2v) is 8.08. The number of nitrogen functional groups attached to an aromatic ring is 1. The summed E-state index contributed by atoms with van der Waals surface area (Å²) in [5.74, 6) is -0.244. The van der Waals surface area contributed by atoms with Crippen LogP contribution in [0.3, 0.4) is 0 Å². The second kappa shape index (κ2) is 8.44. The van der Waals surface area contributed by atoms with Crippen LogP contribution in [0.5, 0.6) is 0 Å². The van der Waals surface area contributed by atoms with Crippen LogP contribution >= 0.6 is 19.4 Å². The minimum atomic E-state index is -1.68. The molecule has 2 unspecified atom stereocenters. The fourth-order valence-electron chi connectivity index (χ4n) is 2.64. The van der Waals surface area contributed by atoms with Gasteiger partial charge in [-0.3, -0.25) is 4.79 Å². The van der Waals surface area contributed by atoms with E-state index in [4.69, 9.17) is 10.3 Å². The van der Waals surface area contributed by atoms with Crippen LogP contribution < -0.4 is 11.1 Å². The van der Waals surface area contributed by atoms with Crippen molar-refractivity contribution in [2.45, 2.75) is 13.0 Å². The van der Waals surface area contributed by atoms with Gasteiger partial charge in [-0.15, -0.1) is 15.9 Å². The van der Waals surface area contributed by atoms with E-state index in [1.165, 1.54) is 6.66 Å². The van der Waals surface area contributed by atoms with Crippen LogP contribution in [-0.4, -0.2) is 12.6 Å². The zero-order chi connectivity index (χ0) is 19.4. The fourth-order valence-corrected chi connectivity index (χ4v) is 3.94. The highest BCUT2D eigenvalue weighted by molar-refractivity contribution is 7.38. The second-order valence-electron chi connectivity index (χ2n) is 6.04. The molecule has 0 spiro atoms. The number of rotatable bonds is 6. The summed E-state index contributed by atoms with van der Waals surface area (Å²) >= 11 is 1.63. The third-order valence-corrected chi connectivity index (χ3v) is 5.59. The van der Waals surface area contributed by atoms with E-state index in [-0.39, 0.29) is 12.0 Å². The predicted octanol–water partition coefficient (Wildman–Crippen LogP) is 5.70. The number of carbonyl (C=O) groups excluding carboxylic acids is 1. The van der Waals surface area contributed by atoms with Crippen LogP contribution in [0.4, 0.5) is 11.4 Å². The zero-order valence-corrected chi connectivity index (χ0v) is 16.7. The molecule has 0 aliphatic rings. The van der Waals surface area contributed by atoms with Crippen LogP contribution in [0.2, 0.25) is 0 Å². The van der Waals surface area contributed by atoms with Gasteiger partial charge in [-0.1, -0.05) is 24.3 Å². The summed E-state index contributed by atoms with van der Waals surface area (Å²) in [5, 5.41) is 4.88. The molecule has 2 aromatic carbocycles. The van der Waals surface area contributed by atoms with Crippen molar-refractivity contribution >= 4 is 36.6 Å². The molecule has 3 N–H and O–H groups in total. The summed E-state index contributed by atoms with van der Waals surface area (Å²) in [6.45, 7) is 3.34. The average Bonchev–Trinajstić information content (AvgIpc) is 3.18. The molecule has 0 saturated carbocycles. The Balaban J connectivity index is 1.75. The summed E-state index contributed by atoms with van der Waals surface area (Å²) in [7, 11) is -1.68. The van der Waals surface area contributed by atoms with Gasteiger partial charge in [0.2, 0.25) is 0 Å². The van der Waals surface area contributed by atoms with E-state index in [1.54, 1.807) is 41.7 Å². The molecule has 0 aliphatic carbocycles. The molecule has 1 heterocycles. The third-order valence-electron chi connectivity index (χ3n) is 4.06. The molecular formula is C20H20N2O3PS+. The highest BCUT2D eigenvalue weighted by Crippen LogP contribution is 2.31. The Morgan fingerprint density at radius 1 is 1.19 bits per heavy atom. The van der Waals surface area contributed by atoms with E-state index in [9.17, 15) is 9.36 Å². The van der Waals surface area contributed by atoms with Gasteiger partial charge in [-0.2, -0.15) is 0 Å². The lowest BCUT2D eigenvalue weighted by Crippen LogP contribution is -2.13. The van der Waals surface area contributed by atoms with E-state index >= 15 is 0 Å². The number of hydrogen-bond acceptors (Lipinski definition) is 5. The van der Waals surface area contributed by atoms with Gasteiger partial charge in [0.05, 0.1) is 11.4 Å². The van der Waals surface area contributed by atoms with E-state index in [0.29, 0.717) is 16.9 Å². The predicted molar refractivity (Wildman–Crippen MR) is 112 cm³/mol. The van der Waals surface area contributed by atoms with Crippen LogP contribution in [0.15, 0.2) is 60.0 Å². The van der Waals surface area contributed by atoms with Gasteiger partial charge in [0, 0.05) is 10.4 Å². The number of nitrogens with one attached hydrogen (secondary N) is 1. The molecule has 0 bridgehead atoms. The molecule has 0 fully saturated rings. The van der Waals surface area contributed by atoms with Crippen LogP contribution in [0.1, 0.15) is 28.9 Å². The van der Waals surface area contributed by atoms with Crippen molar-refractivity contribution in [3.63, 3.8) is 0 Å². The summed E-state index contributed by atoms with van der Waals surface area (Å²) in [6.07, 6.45) is -0.297. The summed E-state index contributed by atoms with van der Waals surface area (Å²) in [6, 6.07) is 16.6. The van der Waals surface area contributed by atoms with Gasteiger partial charge in [-0.05, 0) is 58.3 Å². The van der Waals surface area contributed by atoms with Crippen molar-refractivity contribution in [1.82, 2.24) is 0 Å². The maximum atomic E-state index is 12.6. The van der Waals surface area contributed by atoms with E-state index in [1.807, 2.05) is 36.6 Å². The van der Waals surface area contributed by atoms with Crippen LogP contribution in [-0.2, 0) is 9.09 Å². The number of thiophene rings is 1. The zero-order valence-electron chi connectivity index (χ0n) is 15.0. The third kappa shape index (κ3) is 4.80. The van der Waals surface area contributed by atoms with Gasteiger partial charge in [0.1, 0.15) is 6.10 Å². The molecule has 138 valence electrons. The van der Waals surface area contributed by atoms with Gasteiger partial charge in [0.15, 0.2) is 6.66 Å². The van der Waals surface area contributed by atoms with Crippen molar-refractivity contribution in [1.29, 1.82) is 0 Å². The molecule has 0 aliphatic heterocycles. The first-order valence-corrected chi connectivity index (χ1v) is 10.9. The standard InChI is InChI=1S/C20H19N2O3PS/c1-13(25-26(2)24)14-5-7-15(8-6-14)20(23)22-18-12-16(9-10-17(18)21)19-4-3-11-27-19/h3-13H,21H2,1-2H3/p+1. The number of benzene rings is 2. The van der Waals surface area contributed by atoms with Gasteiger partial charge >= 0.3 is 8.03 Å². The molecule has 5 nitrogen and oxygen atoms in total. The van der Waals surface area contributed by atoms with Gasteiger partial charge < -0.3 is 11.1 Å². The van der Waals surface area contributed by atoms with E-state index < -0.39 is 8.03 Å². The Morgan fingerprint density at radius 3 is 2.56 bits per heavy atom. The van der Waals surface area contributed by atoms with Crippen LogP contribution in [0.25, 0.3) is 10.4 Å². The topological polar surface area (TPSA) is 81.4 Å². The van der Waals surface area contributed by atoms with Gasteiger partial charge in [0.25, 0.3) is 5.91 Å². The lowest BCUT2D eigenvalue weighted by atomic mass is 10.1. The van der Waals surface area contributed by atoms with Crippen molar-refractivity contribution in [3.05, 3.63) is 71.1 Å². The average molecular weight is 399 g/mol. The molecular weight excluding hydrogens is 379 g/mol. The SMILES string of the molecule is CC(O[P+](C)=O)c1ccc(C(=O)Nc2cc(-c3cccs3)ccc2N)cc1. The minimum Gasteiger partial charge on any atom is -0.397 e. The summed E-state index contributed by atoms with van der Waals surface area (Å²) in [4.78, 5) is 13.7. The maximum Gasteiger partial charge on any atom is 0.505 e. The highest BCUT2D eigenvalue weighted by Gasteiger charge is 2.17. The number of amides is 1. The fraction of sp³-hybridized carbons (Fsp3) is 0.150. The van der Waals surface area contributed by atoms with Crippen molar-refractivity contribution in [2.75, 3.05) is 17.7 Å². The van der Waals surface area contributed by atoms with E-state index in [2.05, 4.69) is 5.32 Å². The largest absolute Gasteiger partial charge is 0.505 e. The first-order chi connectivity index (χ1) is 12.9. The molecule has 3 aromatic rings. The molecule has 1 aromatic heterocycles. The molecule has 1 amide bonds. The molecule has 2 atom stereocenters. The quantitative estimate of drug-likeness (QED) is 0.411. The molecule has 3 rings (SSSR count). The Labute approximate surface area is 163 Å². The molecule has 0 saturated heterocycles. The number of anilines is 2. The number of hydrogen-bond donors (Lipinski definition) is 2. The number of carbonyl (C=O) groups is 1. The highest BCUT2D eigenvalue weighted by atomic mass is 32.1. The Morgan fingerprint density at radius 2 is 1.93 bits per heavy atom. The lowest BCUT2D eigenvalue weighted by Gasteiger charge is -2.11. The van der Waals surface area contributed by atoms with Gasteiger partial charge in [-0.25, -0.2) is 0 Å². The first kappa shape index (κ1) is 19.2. The maximum absolute atomic E-state index is 12.6. The smallest absolute Gasteiger partial charge is 0.397 e. The van der Waals surface area contributed by atoms with Crippen molar-refractivity contribution in [3.8, 4) is 10.4 Å². The van der Waals surface area contributed by atoms with Crippen molar-refractivity contribution < 1.29 is 13.9 Å². The summed E-state index contributed by atoms with van der Waals surface area (Å²) < 4.78 is 16.5. The first-order valence-electron chi connectivity index (χ1n) is 8.36. The van der Waals surface area contributed by atoms with Crippen molar-refractivity contribution in [2.24, 2.45) is 0 Å². The Hall–Kier alpha value is -2.53. The Kier molecular flexibility index (Phi) is 6.01. The Bertz CT molecular complexity index is 956. The monoisotopic (exact) mass is 399 g/mol. The van der Waals surface area contributed by atoms with E-state index in [0.717, 1.165) is 16.0 Å². The lowest BCUT2D eigenvalue weighted by molar-refractivity contribution is 0.102. The number of nitrogens with two attached hydrogens (primary N) is 1. The van der Waals surface area contributed by atoms with Crippen LogP contribution in [0, 0.1) is 0 Å². The normalized spacial score (nSPS) is 12.4. The molecule has 27 heavy (non-hydrogen) atoms. The summed E-state index contributed by atoms with van der Waals surface area (Å²) in [5.41, 5.74) is 9.48.